The number of hydrogen-bond acceptors (Lipinski definition) is 2. The van der Waals surface area contributed by atoms with Crippen LogP contribution in [0.3, 0.4) is 0 Å². The molecule has 0 aromatic heterocycles. The monoisotopic (exact) mass is 246 g/mol. The molecule has 1 aliphatic rings. The minimum atomic E-state index is -0.0887. The van der Waals surface area contributed by atoms with Gasteiger partial charge in [0.05, 0.1) is 6.61 Å². The van der Waals surface area contributed by atoms with E-state index in [2.05, 4.69) is 38.1 Å². The second kappa shape index (κ2) is 5.13. The number of carbonyl (C=O) groups is 1. The topological polar surface area (TPSA) is 26.3 Å². The van der Waals surface area contributed by atoms with E-state index >= 15 is 0 Å². The lowest BCUT2D eigenvalue weighted by molar-refractivity contribution is -0.145. The van der Waals surface area contributed by atoms with Crippen LogP contribution in [-0.2, 0) is 9.53 Å². The smallest absolute Gasteiger partial charge is 0.305 e. The molecule has 2 heteroatoms. The predicted molar refractivity (Wildman–Crippen MR) is 72.3 cm³/mol. The van der Waals surface area contributed by atoms with Crippen LogP contribution in [-0.4, -0.2) is 12.6 Å². The lowest BCUT2D eigenvalue weighted by atomic mass is 9.91. The Bertz CT molecular complexity index is 412. The lowest BCUT2D eigenvalue weighted by Crippen LogP contribution is -2.15. The summed E-state index contributed by atoms with van der Waals surface area (Å²) in [5, 5.41) is 0. The molecule has 0 heterocycles. The van der Waals surface area contributed by atoms with E-state index < -0.39 is 0 Å². The summed E-state index contributed by atoms with van der Waals surface area (Å²) in [7, 11) is 0. The van der Waals surface area contributed by atoms with Crippen LogP contribution in [0.5, 0.6) is 0 Å². The third kappa shape index (κ3) is 2.74. The molecule has 1 aliphatic carbocycles. The molecule has 0 bridgehead atoms. The van der Waals surface area contributed by atoms with Gasteiger partial charge in [-0.05, 0) is 23.8 Å². The minimum absolute atomic E-state index is 0.0887. The van der Waals surface area contributed by atoms with Crippen LogP contribution in [0.25, 0.3) is 0 Å². The van der Waals surface area contributed by atoms with Crippen LogP contribution in [0.4, 0.5) is 0 Å². The van der Waals surface area contributed by atoms with Crippen LogP contribution in [0.1, 0.15) is 45.1 Å². The molecule has 0 amide bonds. The van der Waals surface area contributed by atoms with Crippen molar-refractivity contribution in [1.82, 2.24) is 0 Å². The number of rotatable bonds is 5. The van der Waals surface area contributed by atoms with E-state index in [1.54, 1.807) is 0 Å². The van der Waals surface area contributed by atoms with E-state index in [1.165, 1.54) is 5.56 Å². The summed E-state index contributed by atoms with van der Waals surface area (Å²) in [6, 6.07) is 10.6. The molecular weight excluding hydrogens is 224 g/mol. The molecule has 1 aromatic carbocycles. The zero-order chi connectivity index (χ0) is 13.2. The second-order valence-corrected chi connectivity index (χ2v) is 5.68. The van der Waals surface area contributed by atoms with Gasteiger partial charge in [0.15, 0.2) is 0 Å². The van der Waals surface area contributed by atoms with Crippen LogP contribution in [0, 0.1) is 11.3 Å². The first kappa shape index (κ1) is 13.1. The molecule has 2 nitrogen and oxygen atoms in total. The van der Waals surface area contributed by atoms with Gasteiger partial charge in [0, 0.05) is 11.8 Å². The largest absolute Gasteiger partial charge is 0.465 e. The normalized spacial score (nSPS) is 27.6. The Morgan fingerprint density at radius 1 is 1.44 bits per heavy atom. The number of hydrogen-bond donors (Lipinski definition) is 0. The van der Waals surface area contributed by atoms with Gasteiger partial charge in [-0.25, -0.2) is 0 Å². The third-order valence-electron chi connectivity index (χ3n) is 4.20. The maximum absolute atomic E-state index is 11.2. The second-order valence-electron chi connectivity index (χ2n) is 5.68. The van der Waals surface area contributed by atoms with Gasteiger partial charge in [0.1, 0.15) is 0 Å². The molecule has 0 spiro atoms. The molecule has 2 rings (SSSR count). The standard InChI is InChI=1S/C16H22O2/c1-4-15(17)18-11-16(3)10-14(16)12(2)13-8-6-5-7-9-13/h5-9,12,14H,4,10-11H2,1-3H3/t12-,14?,16?/m0/s1. The van der Waals surface area contributed by atoms with E-state index in [0.29, 0.717) is 24.9 Å². The third-order valence-corrected chi connectivity index (χ3v) is 4.20. The van der Waals surface area contributed by atoms with E-state index in [4.69, 9.17) is 4.74 Å². The highest BCUT2D eigenvalue weighted by molar-refractivity contribution is 5.68. The zero-order valence-corrected chi connectivity index (χ0v) is 11.5. The van der Waals surface area contributed by atoms with Crippen LogP contribution < -0.4 is 0 Å². The average Bonchev–Trinajstić information content (AvgIpc) is 3.09. The highest BCUT2D eigenvalue weighted by atomic mass is 16.5. The molecule has 18 heavy (non-hydrogen) atoms. The predicted octanol–water partition coefficient (Wildman–Crippen LogP) is 3.77. The van der Waals surface area contributed by atoms with Gasteiger partial charge in [-0.15, -0.1) is 0 Å². The highest BCUT2D eigenvalue weighted by Crippen LogP contribution is 2.58. The summed E-state index contributed by atoms with van der Waals surface area (Å²) in [5.74, 6) is 1.08. The van der Waals surface area contributed by atoms with Crippen molar-refractivity contribution in [3.05, 3.63) is 35.9 Å². The van der Waals surface area contributed by atoms with E-state index in [-0.39, 0.29) is 11.4 Å². The van der Waals surface area contributed by atoms with Gasteiger partial charge in [0.25, 0.3) is 0 Å². The molecular formula is C16H22O2. The lowest BCUT2D eigenvalue weighted by Gasteiger charge is -2.17. The van der Waals surface area contributed by atoms with Crippen LogP contribution in [0.2, 0.25) is 0 Å². The molecule has 0 saturated heterocycles. The molecule has 0 radical (unpaired) electrons. The van der Waals surface area contributed by atoms with E-state index in [1.807, 2.05) is 13.0 Å². The van der Waals surface area contributed by atoms with Gasteiger partial charge in [0.2, 0.25) is 0 Å². The summed E-state index contributed by atoms with van der Waals surface area (Å²) in [5.41, 5.74) is 1.56. The Morgan fingerprint density at radius 2 is 2.11 bits per heavy atom. The molecule has 0 N–H and O–H groups in total. The highest BCUT2D eigenvalue weighted by Gasteiger charge is 2.53. The fraction of sp³-hybridized carbons (Fsp3) is 0.562. The zero-order valence-electron chi connectivity index (χ0n) is 11.5. The van der Waals surface area contributed by atoms with Gasteiger partial charge in [-0.2, -0.15) is 0 Å². The van der Waals surface area contributed by atoms with Crippen molar-refractivity contribution in [2.45, 2.75) is 39.5 Å². The maximum atomic E-state index is 11.2. The summed E-state index contributed by atoms with van der Waals surface area (Å²) in [6.45, 7) is 6.90. The van der Waals surface area contributed by atoms with Crippen molar-refractivity contribution in [1.29, 1.82) is 0 Å². The fourth-order valence-corrected chi connectivity index (χ4v) is 2.73. The van der Waals surface area contributed by atoms with Gasteiger partial charge in [-0.1, -0.05) is 51.1 Å². The molecule has 98 valence electrons. The van der Waals surface area contributed by atoms with Gasteiger partial charge >= 0.3 is 5.97 Å². The van der Waals surface area contributed by atoms with E-state index in [0.717, 1.165) is 6.42 Å². The SMILES string of the molecule is CCC(=O)OCC1(C)CC1[C@@H](C)c1ccccc1. The first-order valence-electron chi connectivity index (χ1n) is 6.77. The van der Waals surface area contributed by atoms with Gasteiger partial charge in [-0.3, -0.25) is 4.79 Å². The molecule has 2 unspecified atom stereocenters. The van der Waals surface area contributed by atoms with Gasteiger partial charge < -0.3 is 4.74 Å². The number of carbonyl (C=O) groups excluding carboxylic acids is 1. The Kier molecular flexibility index (Phi) is 3.74. The number of esters is 1. The molecule has 0 aliphatic heterocycles. The molecule has 3 atom stereocenters. The first-order valence-corrected chi connectivity index (χ1v) is 6.77. The molecule has 1 saturated carbocycles. The number of ether oxygens (including phenoxy) is 1. The van der Waals surface area contributed by atoms with Crippen molar-refractivity contribution >= 4 is 5.97 Å². The maximum Gasteiger partial charge on any atom is 0.305 e. The van der Waals surface area contributed by atoms with Crippen LogP contribution >= 0.6 is 0 Å². The van der Waals surface area contributed by atoms with Crippen molar-refractivity contribution in [3.63, 3.8) is 0 Å². The summed E-state index contributed by atoms with van der Waals surface area (Å²) in [6.07, 6.45) is 1.62. The minimum Gasteiger partial charge on any atom is -0.465 e. The summed E-state index contributed by atoms with van der Waals surface area (Å²) < 4.78 is 5.30. The Balaban J connectivity index is 1.91. The fourth-order valence-electron chi connectivity index (χ4n) is 2.73. The first-order chi connectivity index (χ1) is 8.57. The Labute approximate surface area is 109 Å². The van der Waals surface area contributed by atoms with Crippen molar-refractivity contribution in [2.24, 2.45) is 11.3 Å². The van der Waals surface area contributed by atoms with E-state index in [9.17, 15) is 4.79 Å². The Hall–Kier alpha value is -1.31. The molecule has 1 fully saturated rings. The van der Waals surface area contributed by atoms with Crippen molar-refractivity contribution in [2.75, 3.05) is 6.61 Å². The molecule has 1 aromatic rings. The summed E-state index contributed by atoms with van der Waals surface area (Å²) >= 11 is 0. The van der Waals surface area contributed by atoms with Crippen LogP contribution in [0.15, 0.2) is 30.3 Å². The average molecular weight is 246 g/mol. The van der Waals surface area contributed by atoms with Crippen molar-refractivity contribution in [3.8, 4) is 0 Å². The number of benzene rings is 1. The Morgan fingerprint density at radius 3 is 2.72 bits per heavy atom. The summed E-state index contributed by atoms with van der Waals surface area (Å²) in [4.78, 5) is 11.2. The quantitative estimate of drug-likeness (QED) is 0.739. The van der Waals surface area contributed by atoms with Crippen molar-refractivity contribution < 1.29 is 9.53 Å².